The van der Waals surface area contributed by atoms with Gasteiger partial charge in [-0.2, -0.15) is 5.10 Å². The summed E-state index contributed by atoms with van der Waals surface area (Å²) < 4.78 is 1.91. The Morgan fingerprint density at radius 3 is 2.27 bits per heavy atom. The van der Waals surface area contributed by atoms with Gasteiger partial charge < -0.3 is 9.90 Å². The zero-order valence-electron chi connectivity index (χ0n) is 17.3. The number of para-hydroxylation sites is 1. The van der Waals surface area contributed by atoms with Crippen molar-refractivity contribution < 1.29 is 14.7 Å². The molecule has 0 aliphatic rings. The fraction of sp³-hybridized carbons (Fsp3) is 0.0417. The Morgan fingerprint density at radius 2 is 1.61 bits per heavy atom. The second-order valence-electron chi connectivity index (χ2n) is 6.83. The molecule has 0 atom stereocenters. The van der Waals surface area contributed by atoms with Crippen LogP contribution < -0.4 is 10.5 Å². The van der Waals surface area contributed by atoms with Gasteiger partial charge in [0.1, 0.15) is 0 Å². The van der Waals surface area contributed by atoms with Crippen molar-refractivity contribution in [2.45, 2.75) is 5.16 Å². The summed E-state index contributed by atoms with van der Waals surface area (Å²) in [5.41, 5.74) is 4.98. The van der Waals surface area contributed by atoms with Crippen LogP contribution in [0.1, 0.15) is 15.9 Å². The summed E-state index contributed by atoms with van der Waals surface area (Å²) in [6.07, 6.45) is 1.43. The third-order valence-electron chi connectivity index (χ3n) is 4.56. The molecule has 0 aliphatic carbocycles. The second-order valence-corrected chi connectivity index (χ2v) is 7.78. The average Bonchev–Trinajstić information content (AvgIpc) is 3.28. The molecule has 0 radical (unpaired) electrons. The molecule has 8 nitrogen and oxygen atoms in total. The number of carboxylic acid groups (broad SMARTS) is 1. The first-order valence-corrected chi connectivity index (χ1v) is 10.9. The molecule has 4 aromatic rings. The number of nitrogens with one attached hydrogen (secondary N) is 1. The number of thioether (sulfide) groups is 1. The minimum atomic E-state index is -1.25. The highest BCUT2D eigenvalue weighted by molar-refractivity contribution is 7.99. The van der Waals surface area contributed by atoms with E-state index in [0.717, 1.165) is 11.3 Å². The Bertz CT molecular complexity index is 1270. The van der Waals surface area contributed by atoms with E-state index < -0.39 is 5.97 Å². The fourth-order valence-corrected chi connectivity index (χ4v) is 3.74. The quantitative estimate of drug-likeness (QED) is 0.248. The molecule has 1 heterocycles. The maximum Gasteiger partial charge on any atom is 0.250 e. The topological polar surface area (TPSA) is 112 Å². The summed E-state index contributed by atoms with van der Waals surface area (Å²) in [6.45, 7) is 0. The number of carboxylic acids is 1. The zero-order chi connectivity index (χ0) is 23.0. The zero-order valence-corrected chi connectivity index (χ0v) is 18.1. The Balaban J connectivity index is 1.44. The van der Waals surface area contributed by atoms with Gasteiger partial charge in [-0.25, -0.2) is 5.43 Å². The van der Waals surface area contributed by atoms with Gasteiger partial charge in [0.05, 0.1) is 17.9 Å². The van der Waals surface area contributed by atoms with Crippen LogP contribution in [0.15, 0.2) is 95.2 Å². The number of carbonyl (C=O) groups excluding carboxylic acids is 2. The Hall–Kier alpha value is -4.24. The van der Waals surface area contributed by atoms with Crippen molar-refractivity contribution in [2.75, 3.05) is 5.75 Å². The summed E-state index contributed by atoms with van der Waals surface area (Å²) in [6, 6.07) is 25.4. The van der Waals surface area contributed by atoms with Crippen LogP contribution in [-0.2, 0) is 4.79 Å². The summed E-state index contributed by atoms with van der Waals surface area (Å²) >= 11 is 1.25. The number of hydrogen-bond acceptors (Lipinski definition) is 7. The van der Waals surface area contributed by atoms with Crippen LogP contribution in [0.3, 0.4) is 0 Å². The first-order valence-electron chi connectivity index (χ1n) is 9.94. The number of rotatable bonds is 8. The first-order chi connectivity index (χ1) is 16.1. The maximum absolute atomic E-state index is 12.3. The standard InChI is InChI=1S/C24H19N5O3S/c30-21(26-25-15-17-11-13-19(14-12-17)23(31)32)16-33-24-28-27-22(18-7-3-1-4-8-18)29(24)20-9-5-2-6-10-20/h1-15H,16H2,(H,26,30)(H,31,32)/p-1. The molecule has 1 amide bonds. The molecule has 0 unspecified atom stereocenters. The van der Waals surface area contributed by atoms with Gasteiger partial charge in [0.25, 0.3) is 5.91 Å². The smallest absolute Gasteiger partial charge is 0.250 e. The van der Waals surface area contributed by atoms with Gasteiger partial charge in [-0.15, -0.1) is 10.2 Å². The predicted octanol–water partition coefficient (Wildman–Crippen LogP) is 2.54. The van der Waals surface area contributed by atoms with Crippen molar-refractivity contribution in [3.05, 3.63) is 96.1 Å². The molecule has 0 fully saturated rings. The normalized spacial score (nSPS) is 10.9. The van der Waals surface area contributed by atoms with Gasteiger partial charge in [-0.05, 0) is 23.3 Å². The molecule has 1 N–H and O–H groups in total. The second kappa shape index (κ2) is 10.4. The Labute approximate surface area is 194 Å². The highest BCUT2D eigenvalue weighted by atomic mass is 32.2. The third kappa shape index (κ3) is 5.52. The SMILES string of the molecule is O=C(CSc1nnc(-c2ccccc2)n1-c1ccccc1)NN=Cc1ccc(C(=O)[O-])cc1. The lowest BCUT2D eigenvalue weighted by Gasteiger charge is -2.10. The lowest BCUT2D eigenvalue weighted by Crippen LogP contribution is -2.22. The maximum atomic E-state index is 12.3. The van der Waals surface area contributed by atoms with Crippen LogP contribution in [0.4, 0.5) is 0 Å². The van der Waals surface area contributed by atoms with Crippen LogP contribution in [-0.4, -0.2) is 38.6 Å². The van der Waals surface area contributed by atoms with E-state index >= 15 is 0 Å². The van der Waals surface area contributed by atoms with Crippen molar-refractivity contribution in [3.8, 4) is 17.1 Å². The van der Waals surface area contributed by atoms with Crippen molar-refractivity contribution in [3.63, 3.8) is 0 Å². The summed E-state index contributed by atoms with van der Waals surface area (Å²) in [4.78, 5) is 23.1. The van der Waals surface area contributed by atoms with Crippen LogP contribution in [0.5, 0.6) is 0 Å². The van der Waals surface area contributed by atoms with E-state index in [9.17, 15) is 14.7 Å². The van der Waals surface area contributed by atoms with Gasteiger partial charge in [0, 0.05) is 11.3 Å². The number of nitrogens with zero attached hydrogens (tertiary/aromatic N) is 4. The lowest BCUT2D eigenvalue weighted by atomic mass is 10.1. The molecule has 1 aromatic heterocycles. The Kier molecular flexibility index (Phi) is 6.91. The number of benzene rings is 3. The first kappa shape index (κ1) is 22.0. The predicted molar refractivity (Wildman–Crippen MR) is 124 cm³/mol. The molecule has 9 heteroatoms. The van der Waals surface area contributed by atoms with Crippen molar-refractivity contribution in [1.82, 2.24) is 20.2 Å². The van der Waals surface area contributed by atoms with E-state index in [0.29, 0.717) is 16.5 Å². The molecule has 0 aliphatic heterocycles. The molecule has 4 rings (SSSR count). The van der Waals surface area contributed by atoms with E-state index in [4.69, 9.17) is 0 Å². The molecule has 0 saturated carbocycles. The molecule has 0 spiro atoms. The van der Waals surface area contributed by atoms with Crippen molar-refractivity contribution in [2.24, 2.45) is 5.10 Å². The van der Waals surface area contributed by atoms with Gasteiger partial charge >= 0.3 is 0 Å². The minimum Gasteiger partial charge on any atom is -0.545 e. The molecule has 3 aromatic carbocycles. The number of amides is 1. The van der Waals surface area contributed by atoms with Gasteiger partial charge in [0.15, 0.2) is 11.0 Å². The van der Waals surface area contributed by atoms with E-state index in [1.165, 1.54) is 30.1 Å². The van der Waals surface area contributed by atoms with Crippen molar-refractivity contribution in [1.29, 1.82) is 0 Å². The lowest BCUT2D eigenvalue weighted by molar-refractivity contribution is -0.255. The fourth-order valence-electron chi connectivity index (χ4n) is 2.99. The number of hydrazone groups is 1. The largest absolute Gasteiger partial charge is 0.545 e. The van der Waals surface area contributed by atoms with Crippen LogP contribution in [0.25, 0.3) is 17.1 Å². The third-order valence-corrected chi connectivity index (χ3v) is 5.49. The van der Waals surface area contributed by atoms with E-state index in [1.54, 1.807) is 12.1 Å². The number of carbonyl (C=O) groups is 2. The summed E-state index contributed by atoms with van der Waals surface area (Å²) in [5, 5.41) is 23.9. The van der Waals surface area contributed by atoms with E-state index in [-0.39, 0.29) is 17.2 Å². The number of hydrogen-bond donors (Lipinski definition) is 1. The van der Waals surface area contributed by atoms with Crippen LogP contribution in [0, 0.1) is 0 Å². The monoisotopic (exact) mass is 456 g/mol. The molecular weight excluding hydrogens is 438 g/mol. The summed E-state index contributed by atoms with van der Waals surface area (Å²) in [5.74, 6) is -0.794. The van der Waals surface area contributed by atoms with E-state index in [2.05, 4.69) is 20.7 Å². The van der Waals surface area contributed by atoms with Crippen molar-refractivity contribution >= 4 is 29.9 Å². The number of aromatic nitrogens is 3. The Morgan fingerprint density at radius 1 is 0.939 bits per heavy atom. The van der Waals surface area contributed by atoms with Crippen LogP contribution in [0.2, 0.25) is 0 Å². The highest BCUT2D eigenvalue weighted by Gasteiger charge is 2.16. The minimum absolute atomic E-state index is 0.0741. The number of aromatic carboxylic acids is 1. The van der Waals surface area contributed by atoms with Gasteiger partial charge in [-0.3, -0.25) is 9.36 Å². The molecule has 0 saturated heterocycles. The average molecular weight is 457 g/mol. The molecule has 0 bridgehead atoms. The van der Waals surface area contributed by atoms with E-state index in [1.807, 2.05) is 65.2 Å². The molecular formula is C24H18N5O3S-. The molecule has 33 heavy (non-hydrogen) atoms. The molecule has 164 valence electrons. The van der Waals surface area contributed by atoms with Gasteiger partial charge in [0.2, 0.25) is 0 Å². The van der Waals surface area contributed by atoms with Crippen LogP contribution >= 0.6 is 11.8 Å². The summed E-state index contributed by atoms with van der Waals surface area (Å²) in [7, 11) is 0. The highest BCUT2D eigenvalue weighted by Crippen LogP contribution is 2.27. The van der Waals surface area contributed by atoms with Gasteiger partial charge in [-0.1, -0.05) is 84.6 Å².